The van der Waals surface area contributed by atoms with Gasteiger partial charge in [-0.3, -0.25) is 24.0 Å². The smallest absolute Gasteiger partial charge is 0.329 e. The number of amides is 7. The predicted molar refractivity (Wildman–Crippen MR) is 200 cm³/mol. The summed E-state index contributed by atoms with van der Waals surface area (Å²) < 4.78 is 34.3. The Labute approximate surface area is 328 Å². The number of urea groups is 1. The number of esters is 1. The molecule has 0 bridgehead atoms. The van der Waals surface area contributed by atoms with Crippen molar-refractivity contribution in [1.29, 1.82) is 0 Å². The van der Waals surface area contributed by atoms with E-state index in [0.717, 1.165) is 22.6 Å². The molecule has 0 aliphatic carbocycles. The molecule has 308 valence electrons. The molecular weight excluding hydrogens is 748 g/mol. The highest BCUT2D eigenvalue weighted by molar-refractivity contribution is 5.98. The molecule has 5 N–H and O–H groups in total. The summed E-state index contributed by atoms with van der Waals surface area (Å²) in [5.41, 5.74) is 1.29. The van der Waals surface area contributed by atoms with Crippen LogP contribution in [-0.4, -0.2) is 130 Å². The Kier molecular flexibility index (Phi) is 13.5. The van der Waals surface area contributed by atoms with Gasteiger partial charge in [0.2, 0.25) is 29.5 Å². The zero-order chi connectivity index (χ0) is 41.7. The van der Waals surface area contributed by atoms with E-state index >= 15 is 0 Å². The molecule has 3 aliphatic rings. The second kappa shape index (κ2) is 18.1. The summed E-state index contributed by atoms with van der Waals surface area (Å²) in [6, 6.07) is 0.383. The Morgan fingerprint density at radius 1 is 0.912 bits per heavy atom. The van der Waals surface area contributed by atoms with Crippen molar-refractivity contribution in [2.24, 2.45) is 0 Å². The Morgan fingerprint density at radius 2 is 1.51 bits per heavy atom. The number of aryl methyl sites for hydroxylation is 1. The van der Waals surface area contributed by atoms with Crippen molar-refractivity contribution in [3.05, 3.63) is 65.2 Å². The molecule has 57 heavy (non-hydrogen) atoms. The quantitative estimate of drug-likeness (QED) is 0.254. The molecule has 0 saturated carbocycles. The lowest BCUT2D eigenvalue weighted by Gasteiger charge is -2.37. The summed E-state index contributed by atoms with van der Waals surface area (Å²) in [6.45, 7) is 6.11. The fourth-order valence-electron chi connectivity index (χ4n) is 7.54. The molecule has 3 saturated heterocycles. The molecule has 18 heteroatoms. The molecule has 5 rings (SSSR count). The summed E-state index contributed by atoms with van der Waals surface area (Å²) in [7, 11) is 1.29. The summed E-state index contributed by atoms with van der Waals surface area (Å²) in [5, 5.41) is 20.9. The molecule has 0 spiro atoms. The van der Waals surface area contributed by atoms with Gasteiger partial charge in [-0.05, 0) is 83.2 Å². The maximum atomic E-state index is 14.5. The largest absolute Gasteiger partial charge is 0.458 e. The second-order valence-corrected chi connectivity index (χ2v) is 14.9. The van der Waals surface area contributed by atoms with E-state index in [1.165, 1.54) is 37.6 Å². The van der Waals surface area contributed by atoms with Crippen molar-refractivity contribution in [2.45, 2.75) is 108 Å². The lowest BCUT2D eigenvalue weighted by Crippen LogP contribution is -2.63. The molecule has 8 atom stereocenters. The van der Waals surface area contributed by atoms with Gasteiger partial charge >= 0.3 is 12.0 Å². The number of carbonyl (C=O) groups is 7. The Balaban J connectivity index is 1.50. The van der Waals surface area contributed by atoms with Gasteiger partial charge in [-0.1, -0.05) is 17.7 Å². The zero-order valence-corrected chi connectivity index (χ0v) is 32.4. The molecule has 3 fully saturated rings. The number of nitrogens with one attached hydrogen (secondary N) is 4. The highest BCUT2D eigenvalue weighted by atomic mass is 19.1. The monoisotopic (exact) mass is 797 g/mol. The molecule has 16 nitrogen and oxygen atoms in total. The number of fused-ring (bicyclic) bond motifs is 2. The number of hydrogen-bond donors (Lipinski definition) is 5. The molecule has 3 aliphatic heterocycles. The SMILES string of the molecule is Cc1ccc(NC(=O)N[C@@H](Cc2cc(F)cc(F)c2)C(=O)N[C@@H]2C(=O)N3CCC[C@H]3C(=O)N(C)C([C@H](C)O)C(=O)N[C@@H](C)C(=O)N3CCC[C@H]3C(=O)O[C@H]2C)cc1. The number of benzene rings is 2. The van der Waals surface area contributed by atoms with E-state index in [9.17, 15) is 47.4 Å². The summed E-state index contributed by atoms with van der Waals surface area (Å²) in [6.07, 6.45) is -2.13. The lowest BCUT2D eigenvalue weighted by molar-refractivity contribution is -0.163. The van der Waals surface area contributed by atoms with Crippen LogP contribution in [0.5, 0.6) is 0 Å². The molecule has 2 aromatic rings. The number of likely N-dealkylation sites (N-methyl/N-ethyl adjacent to an activating group) is 1. The molecule has 3 heterocycles. The fraction of sp³-hybridized carbons (Fsp3) is 0.513. The van der Waals surface area contributed by atoms with Gasteiger partial charge < -0.3 is 45.8 Å². The van der Waals surface area contributed by atoms with Crippen LogP contribution in [0.25, 0.3) is 0 Å². The first kappa shape index (κ1) is 42.5. The van der Waals surface area contributed by atoms with Gasteiger partial charge in [0, 0.05) is 38.3 Å². The Bertz CT molecular complexity index is 1860. The van der Waals surface area contributed by atoms with Crippen molar-refractivity contribution in [2.75, 3.05) is 25.5 Å². The average Bonchev–Trinajstić information content (AvgIpc) is 3.83. The maximum absolute atomic E-state index is 14.5. The van der Waals surface area contributed by atoms with Gasteiger partial charge in [0.15, 0.2) is 0 Å². The zero-order valence-electron chi connectivity index (χ0n) is 32.4. The van der Waals surface area contributed by atoms with Crippen LogP contribution < -0.4 is 21.3 Å². The fourth-order valence-corrected chi connectivity index (χ4v) is 7.54. The van der Waals surface area contributed by atoms with Gasteiger partial charge in [0.05, 0.1) is 6.10 Å². The van der Waals surface area contributed by atoms with Crippen LogP contribution in [0.1, 0.15) is 57.6 Å². The van der Waals surface area contributed by atoms with E-state index in [4.69, 9.17) is 4.74 Å². The number of aliphatic hydroxyl groups excluding tert-OH is 1. The van der Waals surface area contributed by atoms with E-state index in [1.807, 2.05) is 6.92 Å². The average molecular weight is 798 g/mol. The molecule has 1 unspecified atom stereocenters. The number of halogens is 2. The van der Waals surface area contributed by atoms with Gasteiger partial charge in [0.1, 0.15) is 54.0 Å². The number of hydrogen-bond acceptors (Lipinski definition) is 9. The number of anilines is 1. The maximum Gasteiger partial charge on any atom is 0.329 e. The molecule has 0 aromatic heterocycles. The van der Waals surface area contributed by atoms with Crippen molar-refractivity contribution < 1.29 is 52.2 Å². The molecular formula is C39H49F2N7O9. The number of carbonyl (C=O) groups excluding carboxylic acids is 7. The highest BCUT2D eigenvalue weighted by Gasteiger charge is 2.46. The first-order valence-corrected chi connectivity index (χ1v) is 18.9. The van der Waals surface area contributed by atoms with Crippen LogP contribution in [0.15, 0.2) is 42.5 Å². The van der Waals surface area contributed by atoms with Gasteiger partial charge in [-0.2, -0.15) is 0 Å². The number of nitrogens with zero attached hydrogens (tertiary/aromatic N) is 3. The van der Waals surface area contributed by atoms with Crippen LogP contribution in [0.2, 0.25) is 0 Å². The first-order chi connectivity index (χ1) is 26.9. The molecule has 7 amide bonds. The van der Waals surface area contributed by atoms with Crippen molar-refractivity contribution >= 4 is 47.2 Å². The topological polar surface area (TPSA) is 207 Å². The normalized spacial score (nSPS) is 25.9. The van der Waals surface area contributed by atoms with E-state index in [0.29, 0.717) is 24.6 Å². The number of cyclic esters (lactones) is 1. The predicted octanol–water partition coefficient (Wildman–Crippen LogP) is 1.13. The van der Waals surface area contributed by atoms with Crippen LogP contribution in [-0.2, 0) is 39.9 Å². The second-order valence-electron chi connectivity index (χ2n) is 14.9. The molecule has 0 radical (unpaired) electrons. The van der Waals surface area contributed by atoms with E-state index < -0.39 is 108 Å². The first-order valence-electron chi connectivity index (χ1n) is 18.9. The summed E-state index contributed by atoms with van der Waals surface area (Å²) in [5.74, 6) is -6.73. The third-order valence-electron chi connectivity index (χ3n) is 10.5. The van der Waals surface area contributed by atoms with Gasteiger partial charge in [-0.25, -0.2) is 18.4 Å². The van der Waals surface area contributed by atoms with Crippen LogP contribution in [0, 0.1) is 18.6 Å². The van der Waals surface area contributed by atoms with Crippen molar-refractivity contribution in [3.8, 4) is 0 Å². The Morgan fingerprint density at radius 3 is 2.12 bits per heavy atom. The third kappa shape index (κ3) is 10.0. The van der Waals surface area contributed by atoms with Crippen molar-refractivity contribution in [1.82, 2.24) is 30.7 Å². The Hall–Kier alpha value is -5.65. The minimum atomic E-state index is -1.68. The highest BCUT2D eigenvalue weighted by Crippen LogP contribution is 2.25. The minimum absolute atomic E-state index is 0.00255. The van der Waals surface area contributed by atoms with Crippen molar-refractivity contribution in [3.63, 3.8) is 0 Å². The van der Waals surface area contributed by atoms with Crippen LogP contribution >= 0.6 is 0 Å². The van der Waals surface area contributed by atoms with Crippen LogP contribution in [0.3, 0.4) is 0 Å². The van der Waals surface area contributed by atoms with E-state index in [-0.39, 0.29) is 31.5 Å². The van der Waals surface area contributed by atoms with Gasteiger partial charge in [-0.15, -0.1) is 0 Å². The minimum Gasteiger partial charge on any atom is -0.458 e. The molecule has 2 aromatic carbocycles. The summed E-state index contributed by atoms with van der Waals surface area (Å²) in [4.78, 5) is 100. The number of aliphatic hydroxyl groups is 1. The van der Waals surface area contributed by atoms with E-state index in [1.54, 1.807) is 24.3 Å². The van der Waals surface area contributed by atoms with E-state index in [2.05, 4.69) is 21.3 Å². The lowest BCUT2D eigenvalue weighted by atomic mass is 10.0. The standard InChI is InChI=1S/C39H49F2N7O9/c1-20-10-12-27(13-11-20)43-39(56)44-28(18-24-16-25(40)19-26(41)17-24)33(50)45-31-23(4)57-38(55)30-9-7-15-48(30)35(52)21(2)42-34(51)32(22(3)49)46(5)36(53)29-8-6-14-47(29)37(31)54/h10-13,16-17,19,21-23,28-32,49H,6-9,14-15,18H2,1-5H3,(H,42,51)(H,45,50)(H2,43,44,56)/t21-,22-,23-,28-,29-,30-,31-,32?/m0/s1. The van der Waals surface area contributed by atoms with Gasteiger partial charge in [0.25, 0.3) is 0 Å². The third-order valence-corrected chi connectivity index (χ3v) is 10.5. The van der Waals surface area contributed by atoms with Crippen LogP contribution in [0.4, 0.5) is 19.3 Å². The summed E-state index contributed by atoms with van der Waals surface area (Å²) >= 11 is 0. The number of ether oxygens (including phenoxy) is 1. The number of rotatable bonds is 7.